The highest BCUT2D eigenvalue weighted by Crippen LogP contribution is 2.42. The number of hydrogen-bond acceptors (Lipinski definition) is 4. The number of rotatable bonds is 3. The van der Waals surface area contributed by atoms with Crippen LogP contribution < -0.4 is 4.90 Å². The maximum Gasteiger partial charge on any atom is 0.159 e. The highest BCUT2D eigenvalue weighted by atomic mass is 19.1. The summed E-state index contributed by atoms with van der Waals surface area (Å²) in [5, 5.41) is 15.1. The molecule has 1 saturated heterocycles. The van der Waals surface area contributed by atoms with Crippen LogP contribution in [0.15, 0.2) is 42.6 Å². The molecule has 0 saturated carbocycles. The molecule has 1 N–H and O–H groups in total. The average molecular weight is 340 g/mol. The highest BCUT2D eigenvalue weighted by molar-refractivity contribution is 5.92. The predicted octanol–water partition coefficient (Wildman–Crippen LogP) is 2.58. The van der Waals surface area contributed by atoms with E-state index in [9.17, 15) is 5.11 Å². The van der Waals surface area contributed by atoms with Crippen LogP contribution in [-0.4, -0.2) is 45.2 Å². The smallest absolute Gasteiger partial charge is 0.159 e. The maximum atomic E-state index is 15.5. The van der Waals surface area contributed by atoms with Crippen LogP contribution in [0.5, 0.6) is 0 Å². The summed E-state index contributed by atoms with van der Waals surface area (Å²) in [6, 6.07) is 11.5. The van der Waals surface area contributed by atoms with Crippen molar-refractivity contribution >= 4 is 16.7 Å². The molecule has 1 aliphatic rings. The van der Waals surface area contributed by atoms with E-state index in [2.05, 4.69) is 10.1 Å². The highest BCUT2D eigenvalue weighted by Gasteiger charge is 2.48. The first-order chi connectivity index (χ1) is 12.0. The molecule has 3 aromatic rings. The maximum absolute atomic E-state index is 15.5. The third-order valence-electron chi connectivity index (χ3n) is 5.16. The van der Waals surface area contributed by atoms with Gasteiger partial charge in [-0.2, -0.15) is 5.10 Å². The molecule has 6 heteroatoms. The van der Waals surface area contributed by atoms with Gasteiger partial charge in [-0.1, -0.05) is 30.3 Å². The Kier molecular flexibility index (Phi) is 3.72. The number of aromatic nitrogens is 3. The second-order valence-corrected chi connectivity index (χ2v) is 6.77. The summed E-state index contributed by atoms with van der Waals surface area (Å²) >= 11 is 0. The topological polar surface area (TPSA) is 54.2 Å². The standard InChI is InChI=1S/C19H21FN4O/c1-13-17-16(8-9-21-18(17)23(2)22-13)24-10-15(19(20,11-24)12-25)14-6-4-3-5-7-14/h3-9,15,25H,10-12H2,1-2H3/t15-,19+/m1/s1. The fourth-order valence-electron chi connectivity index (χ4n) is 3.93. The quantitative estimate of drug-likeness (QED) is 0.796. The fourth-order valence-corrected chi connectivity index (χ4v) is 3.93. The lowest BCUT2D eigenvalue weighted by atomic mass is 9.87. The monoisotopic (exact) mass is 340 g/mol. The molecule has 0 aliphatic carbocycles. The van der Waals surface area contributed by atoms with Crippen molar-refractivity contribution in [1.29, 1.82) is 0 Å². The lowest BCUT2D eigenvalue weighted by molar-refractivity contribution is 0.0752. The van der Waals surface area contributed by atoms with Gasteiger partial charge in [0.1, 0.15) is 0 Å². The number of benzene rings is 1. The molecule has 25 heavy (non-hydrogen) atoms. The van der Waals surface area contributed by atoms with Crippen molar-refractivity contribution in [3.05, 3.63) is 53.9 Å². The molecule has 3 heterocycles. The Hall–Kier alpha value is -2.47. The van der Waals surface area contributed by atoms with Crippen LogP contribution in [0.4, 0.5) is 10.1 Å². The van der Waals surface area contributed by atoms with E-state index in [1.54, 1.807) is 10.9 Å². The number of aliphatic hydroxyl groups is 1. The SMILES string of the molecule is Cc1nn(C)c2nccc(N3C[C@H](c4ccccc4)[C@@](F)(CO)C3)c12. The Balaban J connectivity index is 1.78. The van der Waals surface area contributed by atoms with Crippen molar-refractivity contribution in [2.75, 3.05) is 24.6 Å². The van der Waals surface area contributed by atoms with E-state index in [0.717, 1.165) is 28.0 Å². The Bertz CT molecular complexity index is 910. The second kappa shape index (κ2) is 5.81. The third-order valence-corrected chi connectivity index (χ3v) is 5.16. The molecule has 2 aromatic heterocycles. The summed E-state index contributed by atoms with van der Waals surface area (Å²) in [4.78, 5) is 6.40. The van der Waals surface area contributed by atoms with Crippen LogP contribution >= 0.6 is 0 Å². The summed E-state index contributed by atoms with van der Waals surface area (Å²) < 4.78 is 17.2. The van der Waals surface area contributed by atoms with Gasteiger partial charge in [0.15, 0.2) is 11.3 Å². The summed E-state index contributed by atoms with van der Waals surface area (Å²) in [6.45, 7) is 2.10. The van der Waals surface area contributed by atoms with E-state index in [1.165, 1.54) is 0 Å². The zero-order valence-corrected chi connectivity index (χ0v) is 14.4. The number of halogens is 1. The summed E-state index contributed by atoms with van der Waals surface area (Å²) in [5.41, 5.74) is 1.82. The van der Waals surface area contributed by atoms with Gasteiger partial charge in [-0.05, 0) is 18.6 Å². The number of nitrogens with zero attached hydrogens (tertiary/aromatic N) is 4. The molecule has 4 rings (SSSR count). The summed E-state index contributed by atoms with van der Waals surface area (Å²) in [6.07, 6.45) is 1.73. The van der Waals surface area contributed by atoms with Crippen LogP contribution in [0.1, 0.15) is 17.2 Å². The first kappa shape index (κ1) is 16.0. The summed E-state index contributed by atoms with van der Waals surface area (Å²) in [5.74, 6) is -0.376. The summed E-state index contributed by atoms with van der Waals surface area (Å²) in [7, 11) is 1.86. The molecule has 0 radical (unpaired) electrons. The van der Waals surface area contributed by atoms with E-state index >= 15 is 4.39 Å². The molecular weight excluding hydrogens is 319 g/mol. The number of aryl methyl sites for hydroxylation is 2. The number of hydrogen-bond donors (Lipinski definition) is 1. The lowest BCUT2D eigenvalue weighted by Gasteiger charge is -2.24. The van der Waals surface area contributed by atoms with E-state index in [0.29, 0.717) is 6.54 Å². The second-order valence-electron chi connectivity index (χ2n) is 6.77. The molecular formula is C19H21FN4O. The van der Waals surface area contributed by atoms with Crippen molar-refractivity contribution in [1.82, 2.24) is 14.8 Å². The Morgan fingerprint density at radius 1 is 1.28 bits per heavy atom. The molecule has 1 aromatic carbocycles. The first-order valence-corrected chi connectivity index (χ1v) is 8.41. The van der Waals surface area contributed by atoms with Gasteiger partial charge in [-0.3, -0.25) is 4.68 Å². The molecule has 2 atom stereocenters. The molecule has 1 fully saturated rings. The number of fused-ring (bicyclic) bond motifs is 1. The van der Waals surface area contributed by atoms with Crippen LogP contribution in [0, 0.1) is 6.92 Å². The molecule has 0 unspecified atom stereocenters. The number of pyridine rings is 1. The van der Waals surface area contributed by atoms with Crippen LogP contribution in [0.25, 0.3) is 11.0 Å². The van der Waals surface area contributed by atoms with Gasteiger partial charge >= 0.3 is 0 Å². The minimum Gasteiger partial charge on any atom is -0.393 e. The zero-order valence-electron chi connectivity index (χ0n) is 14.4. The first-order valence-electron chi connectivity index (χ1n) is 8.41. The van der Waals surface area contributed by atoms with Crippen molar-refractivity contribution in [2.24, 2.45) is 7.05 Å². The Morgan fingerprint density at radius 2 is 2.04 bits per heavy atom. The predicted molar refractivity (Wildman–Crippen MR) is 95.6 cm³/mol. The lowest BCUT2D eigenvalue weighted by Crippen LogP contribution is -2.36. The van der Waals surface area contributed by atoms with E-state index in [4.69, 9.17) is 0 Å². The van der Waals surface area contributed by atoms with Crippen molar-refractivity contribution < 1.29 is 9.50 Å². The molecule has 0 amide bonds. The minimum atomic E-state index is -1.67. The van der Waals surface area contributed by atoms with Gasteiger partial charge in [0.2, 0.25) is 0 Å². The van der Waals surface area contributed by atoms with Crippen LogP contribution in [0.2, 0.25) is 0 Å². The van der Waals surface area contributed by atoms with Gasteiger partial charge in [0.05, 0.1) is 29.9 Å². The zero-order chi connectivity index (χ0) is 17.6. The molecule has 0 bridgehead atoms. The average Bonchev–Trinajstić information content (AvgIpc) is 3.14. The van der Waals surface area contributed by atoms with Crippen molar-refractivity contribution in [3.8, 4) is 0 Å². The fraction of sp³-hybridized carbons (Fsp3) is 0.368. The van der Waals surface area contributed by atoms with Gasteiger partial charge in [0, 0.05) is 25.7 Å². The minimum absolute atomic E-state index is 0.149. The van der Waals surface area contributed by atoms with Gasteiger partial charge in [-0.25, -0.2) is 9.37 Å². The van der Waals surface area contributed by atoms with Crippen LogP contribution in [-0.2, 0) is 7.05 Å². The van der Waals surface area contributed by atoms with E-state index in [-0.39, 0.29) is 12.5 Å². The third kappa shape index (κ3) is 2.48. The molecule has 130 valence electrons. The number of alkyl halides is 1. The van der Waals surface area contributed by atoms with Gasteiger partial charge in [0.25, 0.3) is 0 Å². The molecule has 5 nitrogen and oxygen atoms in total. The van der Waals surface area contributed by atoms with Gasteiger partial charge in [-0.15, -0.1) is 0 Å². The van der Waals surface area contributed by atoms with Gasteiger partial charge < -0.3 is 10.0 Å². The molecule has 1 aliphatic heterocycles. The Labute approximate surface area is 145 Å². The van der Waals surface area contributed by atoms with E-state index < -0.39 is 12.3 Å². The number of anilines is 1. The molecule has 0 spiro atoms. The largest absolute Gasteiger partial charge is 0.393 e. The normalized spacial score (nSPS) is 23.5. The Morgan fingerprint density at radius 3 is 2.76 bits per heavy atom. The number of aliphatic hydroxyl groups excluding tert-OH is 1. The van der Waals surface area contributed by atoms with Crippen molar-refractivity contribution in [2.45, 2.75) is 18.5 Å². The van der Waals surface area contributed by atoms with Crippen molar-refractivity contribution in [3.63, 3.8) is 0 Å². The van der Waals surface area contributed by atoms with E-state index in [1.807, 2.05) is 55.3 Å². The van der Waals surface area contributed by atoms with Crippen LogP contribution in [0.3, 0.4) is 0 Å².